The van der Waals surface area contributed by atoms with Crippen molar-refractivity contribution in [2.75, 3.05) is 0 Å². The van der Waals surface area contributed by atoms with Gasteiger partial charge in [-0.05, 0) is 94.7 Å². The normalized spacial score (nSPS) is 11.2. The molecule has 0 bridgehead atoms. The molecule has 3 rings (SSSR count). The van der Waals surface area contributed by atoms with Gasteiger partial charge in [0.2, 0.25) is 10.2 Å². The van der Waals surface area contributed by atoms with E-state index in [1.807, 2.05) is 0 Å². The Balaban J connectivity index is 1.93. The van der Waals surface area contributed by atoms with Crippen LogP contribution in [-0.4, -0.2) is 10.2 Å². The lowest BCUT2D eigenvalue weighted by Gasteiger charge is -2.15. The van der Waals surface area contributed by atoms with E-state index in [-0.39, 0.29) is 15.8 Å². The first-order chi connectivity index (χ1) is 15.6. The van der Waals surface area contributed by atoms with Crippen molar-refractivity contribution >= 4 is 33.8 Å². The minimum atomic E-state index is -4.55. The van der Waals surface area contributed by atoms with E-state index < -0.39 is 11.7 Å². The fourth-order valence-electron chi connectivity index (χ4n) is 2.98. The second-order valence-corrected chi connectivity index (χ2v) is 9.23. The molecule has 0 saturated heterocycles. The smallest absolute Gasteiger partial charge is 0.282 e. The predicted molar refractivity (Wildman–Crippen MR) is 129 cm³/mol. The van der Waals surface area contributed by atoms with Crippen LogP contribution in [0.1, 0.15) is 12.5 Å². The molecule has 0 fully saturated rings. The van der Waals surface area contributed by atoms with Gasteiger partial charge in [0, 0.05) is 9.79 Å². The minimum absolute atomic E-state index is 0.0535. The number of benzene rings is 3. The van der Waals surface area contributed by atoms with Gasteiger partial charge in [-0.15, -0.1) is 0 Å². The Bertz CT molecular complexity index is 1210. The highest BCUT2D eigenvalue weighted by molar-refractivity contribution is 8.14. The molecule has 0 spiro atoms. The number of thioether (sulfide) groups is 2. The van der Waals surface area contributed by atoms with Crippen LogP contribution < -0.4 is 0 Å². The Labute approximate surface area is 198 Å². The van der Waals surface area contributed by atoms with E-state index in [0.717, 1.165) is 29.6 Å². The van der Waals surface area contributed by atoms with Gasteiger partial charge in [-0.1, -0.05) is 49.6 Å². The average Bonchev–Trinajstić information content (AvgIpc) is 2.79. The Kier molecular flexibility index (Phi) is 7.66. The molecule has 0 unspecified atom stereocenters. The van der Waals surface area contributed by atoms with Crippen LogP contribution >= 0.6 is 23.5 Å². The second-order valence-electron chi connectivity index (χ2n) is 7.10. The molecule has 0 aliphatic heterocycles. The van der Waals surface area contributed by atoms with Gasteiger partial charge >= 0.3 is 6.18 Å². The average molecular weight is 485 g/mol. The third-order valence-corrected chi connectivity index (χ3v) is 6.54. The molecule has 0 aliphatic carbocycles. The molecule has 0 atom stereocenters. The molecule has 0 aromatic heterocycles. The van der Waals surface area contributed by atoms with Crippen LogP contribution in [0.15, 0.2) is 101 Å². The molecular formula is C26H19F3O2S2. The van der Waals surface area contributed by atoms with Crippen molar-refractivity contribution in [3.05, 3.63) is 97.1 Å². The lowest BCUT2D eigenvalue weighted by molar-refractivity contribution is -0.137. The molecule has 0 aliphatic rings. The van der Waals surface area contributed by atoms with Gasteiger partial charge in [-0.2, -0.15) is 13.2 Å². The van der Waals surface area contributed by atoms with E-state index in [1.54, 1.807) is 61.5 Å². The van der Waals surface area contributed by atoms with Crippen LogP contribution in [-0.2, 0) is 15.8 Å². The first-order valence-corrected chi connectivity index (χ1v) is 11.4. The summed E-state index contributed by atoms with van der Waals surface area (Å²) >= 11 is 1.98. The molecule has 0 saturated carbocycles. The van der Waals surface area contributed by atoms with E-state index in [9.17, 15) is 22.8 Å². The molecule has 7 heteroatoms. The zero-order chi connectivity index (χ0) is 24.2. The SMILES string of the molecule is C=CC(=O)Sc1ccc(-c2ccc(-c3ccc(SC(=O)C(=C)C)cc3)c(C(F)(F)F)c2)cc1. The molecule has 0 radical (unpaired) electrons. The minimum Gasteiger partial charge on any atom is -0.282 e. The quantitative estimate of drug-likeness (QED) is 0.262. The van der Waals surface area contributed by atoms with E-state index in [0.29, 0.717) is 32.1 Å². The van der Waals surface area contributed by atoms with E-state index >= 15 is 0 Å². The monoisotopic (exact) mass is 484 g/mol. The highest BCUT2D eigenvalue weighted by Crippen LogP contribution is 2.40. The van der Waals surface area contributed by atoms with Gasteiger partial charge in [0.1, 0.15) is 0 Å². The third kappa shape index (κ3) is 6.27. The summed E-state index contributed by atoms with van der Waals surface area (Å²) in [6, 6.07) is 17.3. The number of carbonyl (C=O) groups is 2. The van der Waals surface area contributed by atoms with Crippen molar-refractivity contribution in [1.29, 1.82) is 0 Å². The molecule has 33 heavy (non-hydrogen) atoms. The topological polar surface area (TPSA) is 34.1 Å². The Hall–Kier alpha value is -3.03. The van der Waals surface area contributed by atoms with Crippen LogP contribution in [0.4, 0.5) is 13.2 Å². The molecule has 0 amide bonds. The zero-order valence-corrected chi connectivity index (χ0v) is 19.2. The van der Waals surface area contributed by atoms with Crippen molar-refractivity contribution in [2.24, 2.45) is 0 Å². The zero-order valence-electron chi connectivity index (χ0n) is 17.6. The Morgan fingerprint density at radius 1 is 0.818 bits per heavy atom. The van der Waals surface area contributed by atoms with E-state index in [1.165, 1.54) is 12.1 Å². The third-order valence-electron chi connectivity index (χ3n) is 4.62. The number of rotatable bonds is 6. The van der Waals surface area contributed by atoms with E-state index in [4.69, 9.17) is 0 Å². The second kappa shape index (κ2) is 10.3. The lowest BCUT2D eigenvalue weighted by Crippen LogP contribution is -2.07. The number of hydrogen-bond donors (Lipinski definition) is 0. The fourth-order valence-corrected chi connectivity index (χ4v) is 4.23. The van der Waals surface area contributed by atoms with E-state index in [2.05, 4.69) is 13.2 Å². The molecule has 2 nitrogen and oxygen atoms in total. The first-order valence-electron chi connectivity index (χ1n) is 9.72. The fraction of sp³-hybridized carbons (Fsp3) is 0.0769. The molecule has 0 N–H and O–H groups in total. The van der Waals surface area contributed by atoms with Gasteiger partial charge in [0.25, 0.3) is 0 Å². The largest absolute Gasteiger partial charge is 0.417 e. The highest BCUT2D eigenvalue weighted by Gasteiger charge is 2.34. The number of alkyl halides is 3. The summed E-state index contributed by atoms with van der Waals surface area (Å²) in [6.07, 6.45) is -3.35. The predicted octanol–water partition coefficient (Wildman–Crippen LogP) is 8.04. The van der Waals surface area contributed by atoms with Gasteiger partial charge in [0.15, 0.2) is 0 Å². The lowest BCUT2D eigenvalue weighted by atomic mass is 9.94. The first kappa shape index (κ1) is 24.6. The standard InChI is InChI=1S/C26H19F3O2S2/c1-4-24(30)32-20-10-5-17(6-11-20)19-9-14-22(23(15-19)26(27,28)29)18-7-12-21(13-8-18)33-25(31)16(2)3/h4-15H,1-2H2,3H3. The molecule has 3 aromatic rings. The number of hydrogen-bond acceptors (Lipinski definition) is 4. The highest BCUT2D eigenvalue weighted by atomic mass is 32.2. The summed E-state index contributed by atoms with van der Waals surface area (Å²) in [5.74, 6) is 0. The number of carbonyl (C=O) groups excluding carboxylic acids is 2. The van der Waals surface area contributed by atoms with Crippen molar-refractivity contribution in [1.82, 2.24) is 0 Å². The van der Waals surface area contributed by atoms with Crippen molar-refractivity contribution in [3.63, 3.8) is 0 Å². The van der Waals surface area contributed by atoms with Crippen molar-refractivity contribution < 1.29 is 22.8 Å². The van der Waals surface area contributed by atoms with Crippen LogP contribution in [0.3, 0.4) is 0 Å². The maximum atomic E-state index is 13.9. The van der Waals surface area contributed by atoms with Crippen LogP contribution in [0.2, 0.25) is 0 Å². The molecular weight excluding hydrogens is 465 g/mol. The van der Waals surface area contributed by atoms with Crippen molar-refractivity contribution in [2.45, 2.75) is 22.9 Å². The van der Waals surface area contributed by atoms with Gasteiger partial charge < -0.3 is 0 Å². The van der Waals surface area contributed by atoms with Gasteiger partial charge in [-0.25, -0.2) is 0 Å². The maximum Gasteiger partial charge on any atom is 0.417 e. The summed E-state index contributed by atoms with van der Waals surface area (Å²) in [5.41, 5.74) is 1.12. The molecule has 0 heterocycles. The summed E-state index contributed by atoms with van der Waals surface area (Å²) in [4.78, 5) is 24.6. The summed E-state index contributed by atoms with van der Waals surface area (Å²) in [7, 11) is 0. The van der Waals surface area contributed by atoms with Crippen molar-refractivity contribution in [3.8, 4) is 22.3 Å². The van der Waals surface area contributed by atoms with Crippen LogP contribution in [0.5, 0.6) is 0 Å². The summed E-state index contributed by atoms with van der Waals surface area (Å²) in [5, 5.41) is -0.402. The van der Waals surface area contributed by atoms with Crippen LogP contribution in [0, 0.1) is 0 Å². The van der Waals surface area contributed by atoms with Gasteiger partial charge in [-0.3, -0.25) is 9.59 Å². The molecule has 3 aromatic carbocycles. The maximum absolute atomic E-state index is 13.9. The number of halogens is 3. The Morgan fingerprint density at radius 2 is 1.33 bits per heavy atom. The Morgan fingerprint density at radius 3 is 1.85 bits per heavy atom. The van der Waals surface area contributed by atoms with Crippen LogP contribution in [0.25, 0.3) is 22.3 Å². The molecule has 168 valence electrons. The summed E-state index contributed by atoms with van der Waals surface area (Å²) < 4.78 is 41.7. The summed E-state index contributed by atoms with van der Waals surface area (Å²) in [6.45, 7) is 8.61. The van der Waals surface area contributed by atoms with Gasteiger partial charge in [0.05, 0.1) is 5.56 Å².